The number of ether oxygens (including phenoxy) is 1. The quantitative estimate of drug-likeness (QED) is 0.360. The standard InChI is InChI=1S/C12H21NO2/c1-3-5-6-7-8-9-10-13-11-12(14)15-4-2/h3,8-9,13H,1,4-7,10-11H2,2H3. The number of rotatable bonds is 9. The van der Waals surface area contributed by atoms with Crippen molar-refractivity contribution < 1.29 is 9.53 Å². The first kappa shape index (κ1) is 13.9. The highest BCUT2D eigenvalue weighted by Crippen LogP contribution is 1.95. The molecule has 0 saturated heterocycles. The van der Waals surface area contributed by atoms with Gasteiger partial charge in [0.1, 0.15) is 0 Å². The van der Waals surface area contributed by atoms with Crippen LogP contribution in [0.5, 0.6) is 0 Å². The first-order valence-corrected chi connectivity index (χ1v) is 5.43. The van der Waals surface area contributed by atoms with Crippen molar-refractivity contribution in [2.75, 3.05) is 19.7 Å². The Morgan fingerprint density at radius 2 is 2.20 bits per heavy atom. The normalized spacial score (nSPS) is 10.5. The van der Waals surface area contributed by atoms with Crippen molar-refractivity contribution in [3.8, 4) is 0 Å². The highest BCUT2D eigenvalue weighted by molar-refractivity contribution is 5.71. The van der Waals surface area contributed by atoms with Crippen molar-refractivity contribution in [2.45, 2.75) is 26.2 Å². The molecule has 0 heterocycles. The number of esters is 1. The molecular weight excluding hydrogens is 190 g/mol. The minimum atomic E-state index is -0.197. The van der Waals surface area contributed by atoms with Gasteiger partial charge in [-0.3, -0.25) is 4.79 Å². The lowest BCUT2D eigenvalue weighted by Gasteiger charge is -2.01. The zero-order valence-electron chi connectivity index (χ0n) is 9.50. The molecule has 0 amide bonds. The predicted octanol–water partition coefficient (Wildman–Crippen LogP) is 2.05. The van der Waals surface area contributed by atoms with Gasteiger partial charge in [-0.2, -0.15) is 0 Å². The second-order valence-electron chi connectivity index (χ2n) is 3.13. The van der Waals surface area contributed by atoms with Gasteiger partial charge >= 0.3 is 5.97 Å². The van der Waals surface area contributed by atoms with Crippen molar-refractivity contribution >= 4 is 5.97 Å². The van der Waals surface area contributed by atoms with E-state index in [2.05, 4.69) is 18.0 Å². The van der Waals surface area contributed by atoms with Crippen molar-refractivity contribution in [3.05, 3.63) is 24.8 Å². The maximum absolute atomic E-state index is 10.9. The highest BCUT2D eigenvalue weighted by atomic mass is 16.5. The van der Waals surface area contributed by atoms with Gasteiger partial charge in [-0.25, -0.2) is 0 Å². The topological polar surface area (TPSA) is 38.3 Å². The van der Waals surface area contributed by atoms with E-state index < -0.39 is 0 Å². The molecule has 0 aliphatic carbocycles. The molecule has 0 unspecified atom stereocenters. The summed E-state index contributed by atoms with van der Waals surface area (Å²) >= 11 is 0. The van der Waals surface area contributed by atoms with Gasteiger partial charge in [-0.05, 0) is 26.2 Å². The fourth-order valence-corrected chi connectivity index (χ4v) is 1.05. The molecule has 0 atom stereocenters. The van der Waals surface area contributed by atoms with Gasteiger partial charge in [-0.1, -0.05) is 18.2 Å². The third kappa shape index (κ3) is 10.8. The van der Waals surface area contributed by atoms with E-state index in [0.717, 1.165) is 19.3 Å². The molecule has 0 aliphatic heterocycles. The van der Waals surface area contributed by atoms with E-state index in [4.69, 9.17) is 4.74 Å². The first-order valence-electron chi connectivity index (χ1n) is 5.43. The molecule has 0 radical (unpaired) electrons. The Morgan fingerprint density at radius 3 is 2.87 bits per heavy atom. The summed E-state index contributed by atoms with van der Waals surface area (Å²) in [6, 6.07) is 0. The minimum Gasteiger partial charge on any atom is -0.465 e. The molecule has 0 aromatic rings. The van der Waals surface area contributed by atoms with E-state index in [1.807, 2.05) is 12.2 Å². The second kappa shape index (κ2) is 11.0. The Kier molecular flexibility index (Phi) is 10.2. The average Bonchev–Trinajstić information content (AvgIpc) is 2.22. The molecule has 1 N–H and O–H groups in total. The van der Waals surface area contributed by atoms with Gasteiger partial charge in [0.05, 0.1) is 13.2 Å². The summed E-state index contributed by atoms with van der Waals surface area (Å²) in [7, 11) is 0. The smallest absolute Gasteiger partial charge is 0.319 e. The van der Waals surface area contributed by atoms with Crippen LogP contribution >= 0.6 is 0 Å². The number of nitrogens with one attached hydrogen (secondary N) is 1. The van der Waals surface area contributed by atoms with E-state index >= 15 is 0 Å². The van der Waals surface area contributed by atoms with Crippen LogP contribution in [-0.4, -0.2) is 25.7 Å². The molecule has 0 aromatic carbocycles. The lowest BCUT2D eigenvalue weighted by atomic mass is 10.2. The predicted molar refractivity (Wildman–Crippen MR) is 62.7 cm³/mol. The molecular formula is C12H21NO2. The van der Waals surface area contributed by atoms with Crippen molar-refractivity contribution in [1.82, 2.24) is 5.32 Å². The Balaban J connectivity index is 3.22. The van der Waals surface area contributed by atoms with Crippen molar-refractivity contribution in [3.63, 3.8) is 0 Å². The highest BCUT2D eigenvalue weighted by Gasteiger charge is 1.97. The fourth-order valence-electron chi connectivity index (χ4n) is 1.05. The molecule has 86 valence electrons. The number of hydrogen-bond acceptors (Lipinski definition) is 3. The van der Waals surface area contributed by atoms with Crippen LogP contribution in [0.25, 0.3) is 0 Å². The lowest BCUT2D eigenvalue weighted by molar-refractivity contribution is -0.141. The summed E-state index contributed by atoms with van der Waals surface area (Å²) in [4.78, 5) is 10.9. The van der Waals surface area contributed by atoms with Gasteiger partial charge in [0.2, 0.25) is 0 Å². The number of carbonyl (C=O) groups excluding carboxylic acids is 1. The Morgan fingerprint density at radius 1 is 1.40 bits per heavy atom. The zero-order valence-corrected chi connectivity index (χ0v) is 9.50. The maximum Gasteiger partial charge on any atom is 0.319 e. The van der Waals surface area contributed by atoms with E-state index in [0.29, 0.717) is 13.2 Å². The third-order valence-electron chi connectivity index (χ3n) is 1.78. The number of carbonyl (C=O) groups is 1. The average molecular weight is 211 g/mol. The van der Waals surface area contributed by atoms with Gasteiger partial charge in [0, 0.05) is 6.54 Å². The van der Waals surface area contributed by atoms with Crippen LogP contribution in [0.3, 0.4) is 0 Å². The van der Waals surface area contributed by atoms with Crippen LogP contribution in [0.2, 0.25) is 0 Å². The summed E-state index contributed by atoms with van der Waals surface area (Å²) < 4.78 is 4.76. The SMILES string of the molecule is C=CCCCC=CCNCC(=O)OCC. The largest absolute Gasteiger partial charge is 0.465 e. The van der Waals surface area contributed by atoms with Crippen LogP contribution in [-0.2, 0) is 9.53 Å². The van der Waals surface area contributed by atoms with Crippen molar-refractivity contribution in [1.29, 1.82) is 0 Å². The van der Waals surface area contributed by atoms with E-state index in [9.17, 15) is 4.79 Å². The molecule has 0 fully saturated rings. The molecule has 3 heteroatoms. The monoisotopic (exact) mass is 211 g/mol. The molecule has 0 aliphatic rings. The van der Waals surface area contributed by atoms with Gasteiger partial charge in [-0.15, -0.1) is 6.58 Å². The summed E-state index contributed by atoms with van der Waals surface area (Å²) in [5, 5.41) is 2.98. The molecule has 15 heavy (non-hydrogen) atoms. The third-order valence-corrected chi connectivity index (χ3v) is 1.78. The fraction of sp³-hybridized carbons (Fsp3) is 0.583. The van der Waals surface area contributed by atoms with E-state index in [-0.39, 0.29) is 12.5 Å². The Bertz CT molecular complexity index is 200. The van der Waals surface area contributed by atoms with Crippen LogP contribution in [0.4, 0.5) is 0 Å². The van der Waals surface area contributed by atoms with Crippen LogP contribution in [0.1, 0.15) is 26.2 Å². The zero-order chi connectivity index (χ0) is 11.4. The summed E-state index contributed by atoms with van der Waals surface area (Å²) in [6.45, 7) is 6.90. The molecule has 0 aromatic heterocycles. The van der Waals surface area contributed by atoms with Crippen LogP contribution in [0.15, 0.2) is 24.8 Å². The summed E-state index contributed by atoms with van der Waals surface area (Å²) in [5.74, 6) is -0.197. The summed E-state index contributed by atoms with van der Waals surface area (Å²) in [6.07, 6.45) is 9.32. The number of allylic oxidation sites excluding steroid dienone is 2. The Labute approximate surface area is 92.2 Å². The number of unbranched alkanes of at least 4 members (excludes halogenated alkanes) is 2. The first-order chi connectivity index (χ1) is 7.31. The minimum absolute atomic E-state index is 0.197. The molecule has 0 spiro atoms. The molecule has 0 bridgehead atoms. The van der Waals surface area contributed by atoms with Gasteiger partial charge in [0.15, 0.2) is 0 Å². The maximum atomic E-state index is 10.9. The molecule has 3 nitrogen and oxygen atoms in total. The van der Waals surface area contributed by atoms with E-state index in [1.54, 1.807) is 6.92 Å². The second-order valence-corrected chi connectivity index (χ2v) is 3.13. The lowest BCUT2D eigenvalue weighted by Crippen LogP contribution is -2.24. The van der Waals surface area contributed by atoms with Crippen LogP contribution < -0.4 is 5.32 Å². The summed E-state index contributed by atoms with van der Waals surface area (Å²) in [5.41, 5.74) is 0. The van der Waals surface area contributed by atoms with E-state index in [1.165, 1.54) is 0 Å². The number of hydrogen-bond donors (Lipinski definition) is 1. The van der Waals surface area contributed by atoms with Crippen molar-refractivity contribution in [2.24, 2.45) is 0 Å². The Hall–Kier alpha value is -1.09. The van der Waals surface area contributed by atoms with Gasteiger partial charge < -0.3 is 10.1 Å². The molecule has 0 rings (SSSR count). The molecule has 0 saturated carbocycles. The van der Waals surface area contributed by atoms with Gasteiger partial charge in [0.25, 0.3) is 0 Å². The van der Waals surface area contributed by atoms with Crippen LogP contribution in [0, 0.1) is 0 Å².